The summed E-state index contributed by atoms with van der Waals surface area (Å²) < 4.78 is 28.7. The summed E-state index contributed by atoms with van der Waals surface area (Å²) in [6.45, 7) is 1.76. The van der Waals surface area contributed by atoms with Gasteiger partial charge in [-0.1, -0.05) is 24.3 Å². The first kappa shape index (κ1) is 19.8. The molecule has 0 radical (unpaired) electrons. The molecule has 0 atom stereocenters. The molecule has 0 saturated carbocycles. The summed E-state index contributed by atoms with van der Waals surface area (Å²) in [5.41, 5.74) is 2.70. The maximum Gasteiger partial charge on any atom is 0.262 e. The van der Waals surface area contributed by atoms with Crippen molar-refractivity contribution in [2.45, 2.75) is 13.0 Å². The van der Waals surface area contributed by atoms with E-state index in [4.69, 9.17) is 0 Å². The fourth-order valence-electron chi connectivity index (χ4n) is 3.66. The zero-order chi connectivity index (χ0) is 21.4. The van der Waals surface area contributed by atoms with Gasteiger partial charge in [-0.15, -0.1) is 0 Å². The van der Waals surface area contributed by atoms with Gasteiger partial charge in [-0.2, -0.15) is 0 Å². The van der Waals surface area contributed by atoms with Crippen molar-refractivity contribution >= 4 is 16.6 Å². The van der Waals surface area contributed by atoms with Crippen LogP contribution in [0.3, 0.4) is 0 Å². The minimum absolute atomic E-state index is 0.208. The number of rotatable bonds is 4. The lowest BCUT2D eigenvalue weighted by molar-refractivity contribution is 0.602. The second kappa shape index (κ2) is 7.71. The summed E-state index contributed by atoms with van der Waals surface area (Å²) >= 11 is 0. The van der Waals surface area contributed by atoms with E-state index in [1.165, 1.54) is 24.3 Å². The van der Waals surface area contributed by atoms with Crippen molar-refractivity contribution in [2.75, 3.05) is 19.0 Å². The molecular weight excluding hydrogens is 384 g/mol. The fraction of sp³-hybridized carbons (Fsp3) is 0.167. The topological polar surface area (TPSA) is 38.1 Å². The van der Waals surface area contributed by atoms with Gasteiger partial charge in [0.05, 0.1) is 16.9 Å². The molecule has 152 valence electrons. The largest absolute Gasteiger partial charge is 0.378 e. The van der Waals surface area contributed by atoms with E-state index in [1.807, 2.05) is 37.2 Å². The monoisotopic (exact) mass is 405 g/mol. The van der Waals surface area contributed by atoms with Crippen LogP contribution in [0.25, 0.3) is 10.9 Å². The fourth-order valence-corrected chi connectivity index (χ4v) is 3.66. The first-order chi connectivity index (χ1) is 14.3. The Bertz CT molecular complexity index is 1220. The molecule has 0 fully saturated rings. The highest BCUT2D eigenvalue weighted by Crippen LogP contribution is 2.28. The van der Waals surface area contributed by atoms with Crippen LogP contribution in [-0.4, -0.2) is 23.6 Å². The molecule has 0 unspecified atom stereocenters. The second-order valence-corrected chi connectivity index (χ2v) is 7.44. The summed E-state index contributed by atoms with van der Waals surface area (Å²) in [5, 5.41) is 0.487. The Balaban J connectivity index is 2.01. The highest BCUT2D eigenvalue weighted by molar-refractivity contribution is 5.81. The number of nitrogens with zero attached hydrogens (tertiary/aromatic N) is 3. The van der Waals surface area contributed by atoms with Crippen LogP contribution in [0, 0.1) is 18.6 Å². The molecule has 0 bridgehead atoms. The van der Waals surface area contributed by atoms with Gasteiger partial charge < -0.3 is 4.90 Å². The average molecular weight is 405 g/mol. The van der Waals surface area contributed by atoms with Crippen molar-refractivity contribution in [1.29, 1.82) is 0 Å². The third-order valence-corrected chi connectivity index (χ3v) is 5.21. The molecule has 0 saturated heterocycles. The molecule has 0 aliphatic rings. The number of halogens is 2. The molecule has 4 aromatic rings. The van der Waals surface area contributed by atoms with Crippen molar-refractivity contribution in [3.8, 4) is 0 Å². The van der Waals surface area contributed by atoms with Crippen molar-refractivity contribution in [3.05, 3.63) is 106 Å². The van der Waals surface area contributed by atoms with E-state index in [-0.39, 0.29) is 17.2 Å². The normalized spacial score (nSPS) is 11.3. The maximum atomic E-state index is 13.6. The van der Waals surface area contributed by atoms with Gasteiger partial charge in [0.15, 0.2) is 0 Å². The second-order valence-electron chi connectivity index (χ2n) is 7.44. The summed E-state index contributed by atoms with van der Waals surface area (Å²) in [4.78, 5) is 20.2. The Morgan fingerprint density at radius 2 is 1.40 bits per heavy atom. The summed E-state index contributed by atoms with van der Waals surface area (Å²) in [7, 11) is 3.81. The van der Waals surface area contributed by atoms with Crippen LogP contribution in [0.4, 0.5) is 14.5 Å². The number of anilines is 1. The van der Waals surface area contributed by atoms with Gasteiger partial charge in [-0.25, -0.2) is 13.8 Å². The number of hydrogen-bond donors (Lipinski definition) is 0. The molecule has 0 spiro atoms. The number of hydrogen-bond acceptors (Lipinski definition) is 3. The summed E-state index contributed by atoms with van der Waals surface area (Å²) in [6.07, 6.45) is 0. The SMILES string of the molecule is Cc1nc2ccc(N(C)C)cc2c(=O)n1C(c1ccc(F)cc1)c1ccc(F)cc1. The lowest BCUT2D eigenvalue weighted by Gasteiger charge is -2.24. The summed E-state index contributed by atoms with van der Waals surface area (Å²) in [6, 6.07) is 16.9. The molecular formula is C24H21F2N3O. The van der Waals surface area contributed by atoms with Crippen molar-refractivity contribution in [2.24, 2.45) is 0 Å². The predicted molar refractivity (Wildman–Crippen MR) is 115 cm³/mol. The molecule has 0 N–H and O–H groups in total. The molecule has 30 heavy (non-hydrogen) atoms. The standard InChI is InChI=1S/C24H21F2N3O/c1-15-27-22-13-12-20(28(2)3)14-21(22)24(30)29(15)23(16-4-8-18(25)9-5-16)17-6-10-19(26)11-7-17/h4-14,23H,1-3H3. The van der Waals surface area contributed by atoms with E-state index in [9.17, 15) is 13.6 Å². The van der Waals surface area contributed by atoms with E-state index in [0.717, 1.165) is 5.69 Å². The molecule has 6 heteroatoms. The van der Waals surface area contributed by atoms with Gasteiger partial charge in [-0.05, 0) is 60.5 Å². The Kier molecular flexibility index (Phi) is 5.08. The van der Waals surface area contributed by atoms with Crippen LogP contribution in [0.15, 0.2) is 71.5 Å². The van der Waals surface area contributed by atoms with E-state index < -0.39 is 6.04 Å². The van der Waals surface area contributed by atoms with Crippen LogP contribution in [0.5, 0.6) is 0 Å². The molecule has 0 aliphatic heterocycles. The number of aryl methyl sites for hydroxylation is 1. The maximum absolute atomic E-state index is 13.6. The number of fused-ring (bicyclic) bond motifs is 1. The van der Waals surface area contributed by atoms with Crippen LogP contribution >= 0.6 is 0 Å². The van der Waals surface area contributed by atoms with E-state index in [2.05, 4.69) is 4.98 Å². The molecule has 1 heterocycles. The first-order valence-electron chi connectivity index (χ1n) is 9.56. The Morgan fingerprint density at radius 1 is 0.867 bits per heavy atom. The van der Waals surface area contributed by atoms with E-state index >= 15 is 0 Å². The third-order valence-electron chi connectivity index (χ3n) is 5.21. The van der Waals surface area contributed by atoms with Gasteiger partial charge in [0.1, 0.15) is 17.5 Å². The first-order valence-corrected chi connectivity index (χ1v) is 9.56. The lowest BCUT2D eigenvalue weighted by atomic mass is 9.97. The number of aromatic nitrogens is 2. The Hall–Kier alpha value is -3.54. The van der Waals surface area contributed by atoms with E-state index in [1.54, 1.807) is 35.8 Å². The van der Waals surface area contributed by atoms with Crippen LogP contribution in [-0.2, 0) is 0 Å². The minimum atomic E-state index is -0.571. The van der Waals surface area contributed by atoms with Crippen LogP contribution < -0.4 is 10.5 Å². The smallest absolute Gasteiger partial charge is 0.262 e. The van der Waals surface area contributed by atoms with Gasteiger partial charge in [-0.3, -0.25) is 9.36 Å². The lowest BCUT2D eigenvalue weighted by Crippen LogP contribution is -2.29. The Labute approximate surface area is 173 Å². The molecule has 3 aromatic carbocycles. The van der Waals surface area contributed by atoms with Gasteiger partial charge >= 0.3 is 0 Å². The highest BCUT2D eigenvalue weighted by atomic mass is 19.1. The summed E-state index contributed by atoms with van der Waals surface area (Å²) in [5.74, 6) is -0.218. The minimum Gasteiger partial charge on any atom is -0.378 e. The van der Waals surface area contributed by atoms with Crippen molar-refractivity contribution in [1.82, 2.24) is 9.55 Å². The third kappa shape index (κ3) is 3.56. The van der Waals surface area contributed by atoms with E-state index in [0.29, 0.717) is 27.9 Å². The van der Waals surface area contributed by atoms with Crippen LogP contribution in [0.1, 0.15) is 23.0 Å². The average Bonchev–Trinajstić information content (AvgIpc) is 2.72. The number of benzene rings is 3. The zero-order valence-electron chi connectivity index (χ0n) is 16.9. The van der Waals surface area contributed by atoms with Crippen molar-refractivity contribution in [3.63, 3.8) is 0 Å². The van der Waals surface area contributed by atoms with Gasteiger partial charge in [0.2, 0.25) is 0 Å². The van der Waals surface area contributed by atoms with Gasteiger partial charge in [0.25, 0.3) is 5.56 Å². The Morgan fingerprint density at radius 3 is 1.90 bits per heavy atom. The molecule has 4 rings (SSSR count). The van der Waals surface area contributed by atoms with Crippen molar-refractivity contribution < 1.29 is 8.78 Å². The molecule has 0 amide bonds. The van der Waals surface area contributed by atoms with Crippen LogP contribution in [0.2, 0.25) is 0 Å². The molecule has 1 aromatic heterocycles. The molecule has 0 aliphatic carbocycles. The highest BCUT2D eigenvalue weighted by Gasteiger charge is 2.22. The van der Waals surface area contributed by atoms with Gasteiger partial charge in [0, 0.05) is 19.8 Å². The zero-order valence-corrected chi connectivity index (χ0v) is 16.9. The quantitative estimate of drug-likeness (QED) is 0.495. The predicted octanol–water partition coefficient (Wildman–Crippen LogP) is 4.69. The molecule has 4 nitrogen and oxygen atoms in total.